The molecule has 0 saturated heterocycles. The highest BCUT2D eigenvalue weighted by Crippen LogP contribution is 2.26. The molecular weight excluding hydrogens is 246 g/mol. The first-order valence-corrected chi connectivity index (χ1v) is 6.67. The molecule has 2 aromatic heterocycles. The van der Waals surface area contributed by atoms with Crippen LogP contribution in [0.1, 0.15) is 19.4 Å². The van der Waals surface area contributed by atoms with Crippen molar-refractivity contribution in [1.29, 1.82) is 0 Å². The number of nitrogens with one attached hydrogen (secondary N) is 1. The van der Waals surface area contributed by atoms with Crippen LogP contribution in [0.15, 0.2) is 34.8 Å². The second-order valence-electron chi connectivity index (χ2n) is 4.27. The molecule has 96 valence electrons. The molecule has 0 saturated carbocycles. The van der Waals surface area contributed by atoms with E-state index in [1.165, 1.54) is 17.3 Å². The Labute approximate surface area is 111 Å². The van der Waals surface area contributed by atoms with Crippen molar-refractivity contribution < 1.29 is 0 Å². The highest BCUT2D eigenvalue weighted by molar-refractivity contribution is 7.99. The van der Waals surface area contributed by atoms with E-state index in [-0.39, 0.29) is 0 Å². The minimum absolute atomic E-state index is 0.456. The Morgan fingerprint density at radius 3 is 2.89 bits per heavy atom. The summed E-state index contributed by atoms with van der Waals surface area (Å²) in [5, 5.41) is 9.28. The number of hydrogen-bond acceptors (Lipinski definition) is 5. The molecule has 6 heteroatoms. The summed E-state index contributed by atoms with van der Waals surface area (Å²) < 4.78 is 1.75. The third-order valence-electron chi connectivity index (χ3n) is 2.41. The molecule has 0 aliphatic heterocycles. The molecule has 0 unspecified atom stereocenters. The van der Waals surface area contributed by atoms with Crippen molar-refractivity contribution in [3.63, 3.8) is 0 Å². The summed E-state index contributed by atoms with van der Waals surface area (Å²) in [4.78, 5) is 8.62. The number of rotatable bonds is 5. The molecule has 2 heterocycles. The SMILES string of the molecule is CC(C)NCc1cccnc1Sc1ncnn1C. The molecular formula is C12H17N5S. The lowest BCUT2D eigenvalue weighted by molar-refractivity contribution is 0.582. The van der Waals surface area contributed by atoms with Crippen molar-refractivity contribution in [3.8, 4) is 0 Å². The van der Waals surface area contributed by atoms with Crippen molar-refractivity contribution in [2.24, 2.45) is 7.05 Å². The lowest BCUT2D eigenvalue weighted by Crippen LogP contribution is -2.22. The average molecular weight is 263 g/mol. The molecule has 2 rings (SSSR count). The summed E-state index contributed by atoms with van der Waals surface area (Å²) in [6.45, 7) is 5.07. The molecule has 0 atom stereocenters. The highest BCUT2D eigenvalue weighted by atomic mass is 32.2. The molecule has 0 aromatic carbocycles. The second kappa shape index (κ2) is 5.97. The van der Waals surface area contributed by atoms with Gasteiger partial charge in [-0.1, -0.05) is 19.9 Å². The minimum atomic E-state index is 0.456. The standard InChI is InChI=1S/C12H17N5S/c1-9(2)14-7-10-5-4-6-13-11(10)18-12-15-8-16-17(12)3/h4-6,8-9,14H,7H2,1-3H3. The molecule has 5 nitrogen and oxygen atoms in total. The largest absolute Gasteiger partial charge is 0.310 e. The van der Waals surface area contributed by atoms with E-state index in [4.69, 9.17) is 0 Å². The Balaban J connectivity index is 2.14. The Kier molecular flexibility index (Phi) is 4.33. The summed E-state index contributed by atoms with van der Waals surface area (Å²) in [6, 6.07) is 4.50. The number of aryl methyl sites for hydroxylation is 1. The molecule has 0 amide bonds. The Morgan fingerprint density at radius 1 is 1.39 bits per heavy atom. The fourth-order valence-electron chi connectivity index (χ4n) is 1.43. The van der Waals surface area contributed by atoms with Crippen molar-refractivity contribution in [2.45, 2.75) is 36.6 Å². The monoisotopic (exact) mass is 263 g/mol. The molecule has 1 N–H and O–H groups in total. The van der Waals surface area contributed by atoms with E-state index in [2.05, 4.69) is 40.3 Å². The van der Waals surface area contributed by atoms with E-state index in [0.29, 0.717) is 6.04 Å². The Morgan fingerprint density at radius 2 is 2.22 bits per heavy atom. The highest BCUT2D eigenvalue weighted by Gasteiger charge is 2.09. The van der Waals surface area contributed by atoms with E-state index in [1.54, 1.807) is 17.2 Å². The van der Waals surface area contributed by atoms with Crippen molar-refractivity contribution in [2.75, 3.05) is 0 Å². The zero-order chi connectivity index (χ0) is 13.0. The van der Waals surface area contributed by atoms with Gasteiger partial charge in [0, 0.05) is 25.8 Å². The third-order valence-corrected chi connectivity index (χ3v) is 3.52. The van der Waals surface area contributed by atoms with Gasteiger partial charge in [0.1, 0.15) is 11.4 Å². The first-order valence-electron chi connectivity index (χ1n) is 5.86. The molecule has 0 aliphatic carbocycles. The number of pyridine rings is 1. The van der Waals surface area contributed by atoms with Gasteiger partial charge in [0.15, 0.2) is 5.16 Å². The molecule has 0 spiro atoms. The quantitative estimate of drug-likeness (QED) is 0.892. The smallest absolute Gasteiger partial charge is 0.192 e. The van der Waals surface area contributed by atoms with Crippen LogP contribution in [-0.4, -0.2) is 25.8 Å². The van der Waals surface area contributed by atoms with Crippen LogP contribution in [0.3, 0.4) is 0 Å². The van der Waals surface area contributed by atoms with Crippen molar-refractivity contribution >= 4 is 11.8 Å². The minimum Gasteiger partial charge on any atom is -0.310 e. The predicted molar refractivity (Wildman–Crippen MR) is 71.3 cm³/mol. The van der Waals surface area contributed by atoms with Crippen LogP contribution >= 0.6 is 11.8 Å². The Bertz CT molecular complexity index is 509. The van der Waals surface area contributed by atoms with Crippen LogP contribution in [-0.2, 0) is 13.6 Å². The maximum absolute atomic E-state index is 4.41. The summed E-state index contributed by atoms with van der Waals surface area (Å²) in [5.41, 5.74) is 1.18. The lowest BCUT2D eigenvalue weighted by Gasteiger charge is -2.10. The van der Waals surface area contributed by atoms with E-state index in [1.807, 2.05) is 13.1 Å². The fraction of sp³-hybridized carbons (Fsp3) is 0.417. The van der Waals surface area contributed by atoms with Crippen LogP contribution in [0.2, 0.25) is 0 Å². The van der Waals surface area contributed by atoms with Gasteiger partial charge in [0.25, 0.3) is 0 Å². The zero-order valence-electron chi connectivity index (χ0n) is 10.8. The van der Waals surface area contributed by atoms with Crippen molar-refractivity contribution in [1.82, 2.24) is 25.1 Å². The van der Waals surface area contributed by atoms with Crippen molar-refractivity contribution in [3.05, 3.63) is 30.2 Å². The number of hydrogen-bond donors (Lipinski definition) is 1. The number of aromatic nitrogens is 4. The van der Waals surface area contributed by atoms with Gasteiger partial charge >= 0.3 is 0 Å². The lowest BCUT2D eigenvalue weighted by atomic mass is 10.2. The second-order valence-corrected chi connectivity index (χ2v) is 5.23. The van der Waals surface area contributed by atoms with Crippen LogP contribution in [0, 0.1) is 0 Å². The van der Waals surface area contributed by atoms with Gasteiger partial charge in [-0.2, -0.15) is 5.10 Å². The third kappa shape index (κ3) is 3.30. The first-order chi connectivity index (χ1) is 8.66. The molecule has 0 bridgehead atoms. The van der Waals surface area contributed by atoms with Gasteiger partial charge in [-0.25, -0.2) is 14.6 Å². The Hall–Kier alpha value is -1.40. The molecule has 0 aliphatic rings. The van der Waals surface area contributed by atoms with Crippen LogP contribution in [0.4, 0.5) is 0 Å². The zero-order valence-corrected chi connectivity index (χ0v) is 11.6. The average Bonchev–Trinajstić information content (AvgIpc) is 2.74. The number of nitrogens with zero attached hydrogens (tertiary/aromatic N) is 4. The van der Waals surface area contributed by atoms with Gasteiger partial charge < -0.3 is 5.32 Å². The molecule has 18 heavy (non-hydrogen) atoms. The normalized spacial score (nSPS) is 11.1. The molecule has 0 fully saturated rings. The summed E-state index contributed by atoms with van der Waals surface area (Å²) in [5.74, 6) is 0. The maximum atomic E-state index is 4.41. The van der Waals surface area contributed by atoms with Crippen LogP contribution in [0.25, 0.3) is 0 Å². The van der Waals surface area contributed by atoms with E-state index in [9.17, 15) is 0 Å². The van der Waals surface area contributed by atoms with E-state index >= 15 is 0 Å². The molecule has 2 aromatic rings. The van der Waals surface area contributed by atoms with Gasteiger partial charge in [-0.05, 0) is 23.4 Å². The van der Waals surface area contributed by atoms with Gasteiger partial charge in [-0.3, -0.25) is 0 Å². The van der Waals surface area contributed by atoms with Gasteiger partial charge in [0.05, 0.1) is 0 Å². The maximum Gasteiger partial charge on any atom is 0.192 e. The van der Waals surface area contributed by atoms with Gasteiger partial charge in [0.2, 0.25) is 0 Å². The first kappa shape index (κ1) is 13.0. The summed E-state index contributed by atoms with van der Waals surface area (Å²) in [6.07, 6.45) is 3.36. The van der Waals surface area contributed by atoms with E-state index in [0.717, 1.165) is 16.7 Å². The van der Waals surface area contributed by atoms with Gasteiger partial charge in [-0.15, -0.1) is 0 Å². The topological polar surface area (TPSA) is 55.6 Å². The van der Waals surface area contributed by atoms with Crippen LogP contribution < -0.4 is 5.32 Å². The molecule has 0 radical (unpaired) electrons. The fourth-order valence-corrected chi connectivity index (χ4v) is 2.27. The summed E-state index contributed by atoms with van der Waals surface area (Å²) >= 11 is 1.54. The van der Waals surface area contributed by atoms with Crippen LogP contribution in [0.5, 0.6) is 0 Å². The summed E-state index contributed by atoms with van der Waals surface area (Å²) in [7, 11) is 1.88. The predicted octanol–water partition coefficient (Wildman–Crippen LogP) is 1.86. The van der Waals surface area contributed by atoms with E-state index < -0.39 is 0 Å².